The maximum absolute atomic E-state index is 12.2. The van der Waals surface area contributed by atoms with Crippen LogP contribution in [0.2, 0.25) is 0 Å². The molecule has 0 radical (unpaired) electrons. The Hall–Kier alpha value is -1.88. The lowest BCUT2D eigenvalue weighted by atomic mass is 10.0. The van der Waals surface area contributed by atoms with Gasteiger partial charge >= 0.3 is 5.97 Å². The molecule has 21 heavy (non-hydrogen) atoms. The van der Waals surface area contributed by atoms with Gasteiger partial charge in [0.1, 0.15) is 0 Å². The van der Waals surface area contributed by atoms with E-state index >= 15 is 0 Å². The van der Waals surface area contributed by atoms with Crippen molar-refractivity contribution < 1.29 is 19.4 Å². The van der Waals surface area contributed by atoms with Gasteiger partial charge in [0.25, 0.3) is 0 Å². The first-order valence-electron chi connectivity index (χ1n) is 7.30. The molecule has 1 aliphatic carbocycles. The summed E-state index contributed by atoms with van der Waals surface area (Å²) in [5.74, 6) is -1.00. The molecule has 2 rings (SSSR count). The molecule has 0 aromatic heterocycles. The number of carbonyl (C=O) groups is 2. The Bertz CT molecular complexity index is 488. The summed E-state index contributed by atoms with van der Waals surface area (Å²) < 4.78 is 5.42. The molecule has 1 amide bonds. The minimum Gasteiger partial charge on any atom is -0.481 e. The molecule has 0 aliphatic heterocycles. The van der Waals surface area contributed by atoms with Crippen LogP contribution >= 0.6 is 0 Å². The molecule has 1 fully saturated rings. The maximum Gasteiger partial charge on any atom is 0.303 e. The van der Waals surface area contributed by atoms with E-state index in [1.807, 2.05) is 37.3 Å². The molecule has 1 aromatic rings. The monoisotopic (exact) mass is 291 g/mol. The highest BCUT2D eigenvalue weighted by atomic mass is 16.5. The van der Waals surface area contributed by atoms with Gasteiger partial charge in [0.2, 0.25) is 5.91 Å². The van der Waals surface area contributed by atoms with Crippen molar-refractivity contribution in [3.8, 4) is 0 Å². The van der Waals surface area contributed by atoms with Gasteiger partial charge < -0.3 is 15.2 Å². The van der Waals surface area contributed by atoms with Crippen LogP contribution in [0.5, 0.6) is 0 Å². The summed E-state index contributed by atoms with van der Waals surface area (Å²) in [5.41, 5.74) is 0.931. The van der Waals surface area contributed by atoms with E-state index in [1.54, 1.807) is 0 Å². The van der Waals surface area contributed by atoms with Crippen molar-refractivity contribution in [3.05, 3.63) is 35.9 Å². The summed E-state index contributed by atoms with van der Waals surface area (Å²) in [5, 5.41) is 11.8. The zero-order valence-electron chi connectivity index (χ0n) is 12.1. The van der Waals surface area contributed by atoms with E-state index in [1.165, 1.54) is 0 Å². The van der Waals surface area contributed by atoms with E-state index in [0.29, 0.717) is 13.0 Å². The van der Waals surface area contributed by atoms with Crippen LogP contribution in [0.15, 0.2) is 30.3 Å². The lowest BCUT2D eigenvalue weighted by Gasteiger charge is -2.18. The fourth-order valence-electron chi connectivity index (χ4n) is 2.40. The van der Waals surface area contributed by atoms with E-state index in [-0.39, 0.29) is 30.4 Å². The third kappa shape index (κ3) is 4.56. The summed E-state index contributed by atoms with van der Waals surface area (Å²) >= 11 is 0. The number of carbonyl (C=O) groups excluding carboxylic acids is 1. The quantitative estimate of drug-likeness (QED) is 0.769. The van der Waals surface area contributed by atoms with Crippen molar-refractivity contribution in [2.45, 2.75) is 38.3 Å². The highest BCUT2D eigenvalue weighted by molar-refractivity contribution is 5.82. The number of ether oxygens (including phenoxy) is 1. The fourth-order valence-corrected chi connectivity index (χ4v) is 2.40. The highest BCUT2D eigenvalue weighted by Crippen LogP contribution is 2.34. The molecule has 0 heterocycles. The van der Waals surface area contributed by atoms with E-state index in [0.717, 1.165) is 12.0 Å². The van der Waals surface area contributed by atoms with Crippen LogP contribution < -0.4 is 5.32 Å². The highest BCUT2D eigenvalue weighted by Gasteiger charge is 2.44. The Kier molecular flexibility index (Phi) is 5.33. The first-order chi connectivity index (χ1) is 10.1. The molecule has 0 bridgehead atoms. The summed E-state index contributed by atoms with van der Waals surface area (Å²) in [6.07, 6.45) is 1.18. The van der Waals surface area contributed by atoms with Gasteiger partial charge in [-0.25, -0.2) is 0 Å². The van der Waals surface area contributed by atoms with E-state index in [9.17, 15) is 9.59 Å². The van der Waals surface area contributed by atoms with Crippen LogP contribution in [0.1, 0.15) is 37.8 Å². The second-order valence-electron chi connectivity index (χ2n) is 5.24. The lowest BCUT2D eigenvalue weighted by molar-refractivity contribution is -0.137. The molecule has 0 spiro atoms. The minimum atomic E-state index is -0.858. The topological polar surface area (TPSA) is 75.6 Å². The lowest BCUT2D eigenvalue weighted by Crippen LogP contribution is -2.31. The van der Waals surface area contributed by atoms with Crippen molar-refractivity contribution in [1.29, 1.82) is 0 Å². The molecule has 1 aromatic carbocycles. The van der Waals surface area contributed by atoms with Gasteiger partial charge in [-0.1, -0.05) is 30.3 Å². The first-order valence-corrected chi connectivity index (χ1v) is 7.30. The number of carboxylic acid groups (broad SMARTS) is 1. The van der Waals surface area contributed by atoms with Gasteiger partial charge in [-0.05, 0) is 25.3 Å². The Labute approximate surface area is 124 Å². The standard InChI is InChI=1S/C16H21NO4/c1-2-21-14-10-12(14)16(20)17-13(8-9-15(18)19)11-6-4-3-5-7-11/h3-7,12-14H,2,8-10H2,1H3,(H,17,20)(H,18,19)/t12-,13+,14-/m1/s1. The molecule has 114 valence electrons. The normalized spacial score (nSPS) is 21.6. The largest absolute Gasteiger partial charge is 0.481 e. The van der Waals surface area contributed by atoms with E-state index in [4.69, 9.17) is 9.84 Å². The number of hydrogen-bond acceptors (Lipinski definition) is 3. The molecule has 2 N–H and O–H groups in total. The van der Waals surface area contributed by atoms with Crippen molar-refractivity contribution in [3.63, 3.8) is 0 Å². The summed E-state index contributed by atoms with van der Waals surface area (Å²) in [6.45, 7) is 2.52. The van der Waals surface area contributed by atoms with Gasteiger partial charge in [0, 0.05) is 13.0 Å². The third-order valence-corrected chi connectivity index (χ3v) is 3.61. The van der Waals surface area contributed by atoms with Gasteiger partial charge in [0.15, 0.2) is 0 Å². The molecule has 0 saturated heterocycles. The number of aliphatic carboxylic acids is 1. The predicted molar refractivity (Wildman–Crippen MR) is 77.7 cm³/mol. The van der Waals surface area contributed by atoms with Crippen LogP contribution in [-0.4, -0.2) is 29.7 Å². The smallest absolute Gasteiger partial charge is 0.303 e. The zero-order chi connectivity index (χ0) is 15.2. The number of amides is 1. The number of carboxylic acids is 1. The Balaban J connectivity index is 1.96. The van der Waals surface area contributed by atoms with Crippen molar-refractivity contribution in [2.24, 2.45) is 5.92 Å². The summed E-state index contributed by atoms with van der Waals surface area (Å²) in [4.78, 5) is 23.0. The molecule has 1 saturated carbocycles. The van der Waals surface area contributed by atoms with Crippen molar-refractivity contribution in [1.82, 2.24) is 5.32 Å². The number of rotatable bonds is 8. The van der Waals surface area contributed by atoms with E-state index < -0.39 is 5.97 Å². The molecule has 5 nitrogen and oxygen atoms in total. The SMILES string of the molecule is CCO[C@@H]1C[C@H]1C(=O)N[C@@H](CCC(=O)O)c1ccccc1. The Morgan fingerprint density at radius 2 is 2.10 bits per heavy atom. The number of hydrogen-bond donors (Lipinski definition) is 2. The molecular formula is C16H21NO4. The summed E-state index contributed by atoms with van der Waals surface area (Å²) in [6, 6.07) is 9.20. The molecular weight excluding hydrogens is 270 g/mol. The van der Waals surface area contributed by atoms with Crippen LogP contribution in [0.4, 0.5) is 0 Å². The molecule has 5 heteroatoms. The van der Waals surface area contributed by atoms with Crippen molar-refractivity contribution >= 4 is 11.9 Å². The average molecular weight is 291 g/mol. The molecule has 1 aliphatic rings. The van der Waals surface area contributed by atoms with Crippen molar-refractivity contribution in [2.75, 3.05) is 6.61 Å². The van der Waals surface area contributed by atoms with Crippen LogP contribution in [0, 0.1) is 5.92 Å². The first kappa shape index (κ1) is 15.5. The van der Waals surface area contributed by atoms with Crippen LogP contribution in [0.3, 0.4) is 0 Å². The Morgan fingerprint density at radius 1 is 1.38 bits per heavy atom. The maximum atomic E-state index is 12.2. The zero-order valence-corrected chi connectivity index (χ0v) is 12.1. The molecule has 3 atom stereocenters. The predicted octanol–water partition coefficient (Wildman–Crippen LogP) is 2.13. The van der Waals surface area contributed by atoms with E-state index in [2.05, 4.69) is 5.32 Å². The minimum absolute atomic E-state index is 0.0193. The number of benzene rings is 1. The number of nitrogens with one attached hydrogen (secondary N) is 1. The van der Waals surface area contributed by atoms with Gasteiger partial charge in [-0.3, -0.25) is 9.59 Å². The second-order valence-corrected chi connectivity index (χ2v) is 5.24. The second kappa shape index (κ2) is 7.22. The van der Waals surface area contributed by atoms with Crippen LogP contribution in [-0.2, 0) is 14.3 Å². The van der Waals surface area contributed by atoms with Gasteiger partial charge in [-0.15, -0.1) is 0 Å². The third-order valence-electron chi connectivity index (χ3n) is 3.61. The summed E-state index contributed by atoms with van der Waals surface area (Å²) in [7, 11) is 0. The van der Waals surface area contributed by atoms with Crippen LogP contribution in [0.25, 0.3) is 0 Å². The molecule has 0 unspecified atom stereocenters. The average Bonchev–Trinajstić information content (AvgIpc) is 3.24. The fraction of sp³-hybridized carbons (Fsp3) is 0.500. The van der Waals surface area contributed by atoms with Gasteiger partial charge in [-0.2, -0.15) is 0 Å². The van der Waals surface area contributed by atoms with Gasteiger partial charge in [0.05, 0.1) is 18.1 Å². The Morgan fingerprint density at radius 3 is 2.71 bits per heavy atom.